The Bertz CT molecular complexity index is 960. The van der Waals surface area contributed by atoms with Gasteiger partial charge in [-0.3, -0.25) is 4.79 Å². The van der Waals surface area contributed by atoms with Crippen molar-refractivity contribution < 1.29 is 9.53 Å². The molecular formula is C20H16Cl2N2O2. The van der Waals surface area contributed by atoms with Crippen LogP contribution < -0.4 is 0 Å². The number of benzene rings is 2. The monoisotopic (exact) mass is 386 g/mol. The molecule has 4 nitrogen and oxygen atoms in total. The van der Waals surface area contributed by atoms with Gasteiger partial charge in [-0.2, -0.15) is 0 Å². The van der Waals surface area contributed by atoms with Crippen molar-refractivity contribution in [3.8, 4) is 0 Å². The third-order valence-electron chi connectivity index (χ3n) is 4.51. The predicted molar refractivity (Wildman–Crippen MR) is 103 cm³/mol. The van der Waals surface area contributed by atoms with Gasteiger partial charge >= 0.3 is 0 Å². The van der Waals surface area contributed by atoms with Gasteiger partial charge in [-0.25, -0.2) is 4.98 Å². The maximum Gasteiger partial charge on any atom is 0.254 e. The van der Waals surface area contributed by atoms with E-state index in [1.54, 1.807) is 11.0 Å². The molecule has 1 aromatic heterocycles. The number of carbonyl (C=O) groups excluding carboxylic acids is 1. The third-order valence-corrected chi connectivity index (χ3v) is 4.96. The summed E-state index contributed by atoms with van der Waals surface area (Å²) in [6.45, 7) is 1.50. The molecule has 1 amide bonds. The van der Waals surface area contributed by atoms with Crippen LogP contribution in [0.4, 0.5) is 0 Å². The Morgan fingerprint density at radius 1 is 1.12 bits per heavy atom. The first-order valence-corrected chi connectivity index (χ1v) is 9.09. The largest absolute Gasteiger partial charge is 0.370 e. The first kappa shape index (κ1) is 17.3. The summed E-state index contributed by atoms with van der Waals surface area (Å²) in [6.07, 6.45) is -0.173. The third kappa shape index (κ3) is 3.40. The molecule has 6 heteroatoms. The van der Waals surface area contributed by atoms with Gasteiger partial charge < -0.3 is 9.64 Å². The van der Waals surface area contributed by atoms with Crippen LogP contribution in [0.2, 0.25) is 10.2 Å². The summed E-state index contributed by atoms with van der Waals surface area (Å²) in [5, 5.41) is 1.79. The normalized spacial score (nSPS) is 17.5. The number of hydrogen-bond donors (Lipinski definition) is 0. The minimum atomic E-state index is -0.173. The predicted octanol–water partition coefficient (Wildman–Crippen LogP) is 4.76. The molecule has 4 rings (SSSR count). The van der Waals surface area contributed by atoms with Crippen LogP contribution in [0.1, 0.15) is 22.0 Å². The molecule has 0 aliphatic carbocycles. The van der Waals surface area contributed by atoms with Crippen molar-refractivity contribution in [1.29, 1.82) is 0 Å². The van der Waals surface area contributed by atoms with E-state index < -0.39 is 0 Å². The van der Waals surface area contributed by atoms with E-state index in [1.807, 2.05) is 48.5 Å². The lowest BCUT2D eigenvalue weighted by atomic mass is 10.1. The molecule has 132 valence electrons. The highest BCUT2D eigenvalue weighted by molar-refractivity contribution is 6.30. The molecule has 1 fully saturated rings. The molecule has 2 heterocycles. The van der Waals surface area contributed by atoms with E-state index in [0.29, 0.717) is 41.0 Å². The standard InChI is InChI=1S/C20H16Cl2N2O2/c21-14-7-5-13(6-8-14)18-12-24(9-10-26-18)20(25)16-11-19(22)23-17-4-2-1-3-15(16)17/h1-8,11,18H,9-10,12H2. The highest BCUT2D eigenvalue weighted by Crippen LogP contribution is 2.27. The number of hydrogen-bond acceptors (Lipinski definition) is 3. The van der Waals surface area contributed by atoms with Gasteiger partial charge in [0.25, 0.3) is 5.91 Å². The van der Waals surface area contributed by atoms with Crippen molar-refractivity contribution in [2.75, 3.05) is 19.7 Å². The molecule has 1 aliphatic heterocycles. The number of ether oxygens (including phenoxy) is 1. The molecule has 0 N–H and O–H groups in total. The van der Waals surface area contributed by atoms with E-state index in [4.69, 9.17) is 27.9 Å². The second kappa shape index (κ2) is 7.23. The number of fused-ring (bicyclic) bond motifs is 1. The van der Waals surface area contributed by atoms with Crippen molar-refractivity contribution in [2.24, 2.45) is 0 Å². The van der Waals surface area contributed by atoms with Crippen molar-refractivity contribution in [3.63, 3.8) is 0 Å². The van der Waals surface area contributed by atoms with Gasteiger partial charge in [-0.05, 0) is 29.8 Å². The van der Waals surface area contributed by atoms with Crippen molar-refractivity contribution in [1.82, 2.24) is 9.88 Å². The summed E-state index contributed by atoms with van der Waals surface area (Å²) in [5.74, 6) is -0.0623. The maximum absolute atomic E-state index is 13.2. The van der Waals surface area contributed by atoms with Crippen LogP contribution in [0.3, 0.4) is 0 Å². The minimum Gasteiger partial charge on any atom is -0.370 e. The minimum absolute atomic E-state index is 0.0623. The molecule has 1 aliphatic rings. The lowest BCUT2D eigenvalue weighted by Crippen LogP contribution is -2.42. The van der Waals surface area contributed by atoms with Crippen molar-refractivity contribution in [3.05, 3.63) is 75.9 Å². The first-order valence-electron chi connectivity index (χ1n) is 8.33. The molecule has 2 aromatic carbocycles. The smallest absolute Gasteiger partial charge is 0.254 e. The summed E-state index contributed by atoms with van der Waals surface area (Å²) in [5.41, 5.74) is 2.28. The fourth-order valence-electron chi connectivity index (χ4n) is 3.20. The van der Waals surface area contributed by atoms with Crippen LogP contribution in [0, 0.1) is 0 Å². The number of pyridine rings is 1. The Hall–Kier alpha value is -2.14. The van der Waals surface area contributed by atoms with Crippen LogP contribution in [-0.2, 0) is 4.74 Å². The number of aromatic nitrogens is 1. The summed E-state index contributed by atoms with van der Waals surface area (Å²) >= 11 is 12.1. The Morgan fingerprint density at radius 2 is 1.88 bits per heavy atom. The lowest BCUT2D eigenvalue weighted by Gasteiger charge is -2.33. The van der Waals surface area contributed by atoms with Crippen LogP contribution in [0.5, 0.6) is 0 Å². The number of morpholine rings is 1. The second-order valence-electron chi connectivity index (χ2n) is 6.17. The SMILES string of the molecule is O=C(c1cc(Cl)nc2ccccc12)N1CCOC(c2ccc(Cl)cc2)C1. The highest BCUT2D eigenvalue weighted by atomic mass is 35.5. The van der Waals surface area contributed by atoms with Crippen LogP contribution in [0.15, 0.2) is 54.6 Å². The van der Waals surface area contributed by atoms with Gasteiger partial charge in [0.1, 0.15) is 11.3 Å². The van der Waals surface area contributed by atoms with Gasteiger partial charge in [0.05, 0.1) is 24.2 Å². The number of rotatable bonds is 2. The average molecular weight is 387 g/mol. The van der Waals surface area contributed by atoms with E-state index >= 15 is 0 Å². The van der Waals surface area contributed by atoms with E-state index in [1.165, 1.54) is 0 Å². The van der Waals surface area contributed by atoms with Crippen LogP contribution in [-0.4, -0.2) is 35.5 Å². The quantitative estimate of drug-likeness (QED) is 0.596. The summed E-state index contributed by atoms with van der Waals surface area (Å²) in [7, 11) is 0. The molecule has 26 heavy (non-hydrogen) atoms. The molecule has 0 saturated carbocycles. The zero-order chi connectivity index (χ0) is 18.1. The van der Waals surface area contributed by atoms with Gasteiger partial charge in [0.15, 0.2) is 0 Å². The van der Waals surface area contributed by atoms with Crippen molar-refractivity contribution >= 4 is 40.0 Å². The molecule has 1 atom stereocenters. The Kier molecular flexibility index (Phi) is 4.81. The zero-order valence-corrected chi connectivity index (χ0v) is 15.4. The van der Waals surface area contributed by atoms with E-state index in [-0.39, 0.29) is 12.0 Å². The van der Waals surface area contributed by atoms with Gasteiger partial charge in [0, 0.05) is 17.0 Å². The Labute approximate surface area is 161 Å². The molecule has 0 bridgehead atoms. The van der Waals surface area contributed by atoms with Crippen LogP contribution >= 0.6 is 23.2 Å². The maximum atomic E-state index is 13.2. The van der Waals surface area contributed by atoms with Gasteiger partial charge in [0.2, 0.25) is 0 Å². The average Bonchev–Trinajstić information content (AvgIpc) is 2.67. The molecular weight excluding hydrogens is 371 g/mol. The molecule has 1 unspecified atom stereocenters. The second-order valence-corrected chi connectivity index (χ2v) is 7.00. The fraction of sp³-hybridized carbons (Fsp3) is 0.200. The molecule has 3 aromatic rings. The molecule has 0 radical (unpaired) electrons. The molecule has 0 spiro atoms. The molecule has 1 saturated heterocycles. The van der Waals surface area contributed by atoms with E-state index in [9.17, 15) is 4.79 Å². The summed E-state index contributed by atoms with van der Waals surface area (Å²) < 4.78 is 5.86. The number of para-hydroxylation sites is 1. The van der Waals surface area contributed by atoms with Gasteiger partial charge in [-0.15, -0.1) is 0 Å². The van der Waals surface area contributed by atoms with Gasteiger partial charge in [-0.1, -0.05) is 53.5 Å². The number of halogens is 2. The number of amides is 1. The van der Waals surface area contributed by atoms with Crippen LogP contribution in [0.25, 0.3) is 10.9 Å². The number of nitrogens with zero attached hydrogens (tertiary/aromatic N) is 2. The highest BCUT2D eigenvalue weighted by Gasteiger charge is 2.27. The Balaban J connectivity index is 1.63. The fourth-order valence-corrected chi connectivity index (χ4v) is 3.53. The first-order chi connectivity index (χ1) is 12.6. The van der Waals surface area contributed by atoms with E-state index in [2.05, 4.69) is 4.98 Å². The number of carbonyl (C=O) groups is 1. The van der Waals surface area contributed by atoms with E-state index in [0.717, 1.165) is 10.9 Å². The summed E-state index contributed by atoms with van der Waals surface area (Å²) in [4.78, 5) is 19.3. The zero-order valence-electron chi connectivity index (χ0n) is 13.9. The lowest BCUT2D eigenvalue weighted by molar-refractivity contribution is -0.0227. The Morgan fingerprint density at radius 3 is 2.69 bits per heavy atom. The van der Waals surface area contributed by atoms with Crippen molar-refractivity contribution in [2.45, 2.75) is 6.10 Å². The summed E-state index contributed by atoms with van der Waals surface area (Å²) in [6, 6.07) is 16.7. The topological polar surface area (TPSA) is 42.4 Å².